The summed E-state index contributed by atoms with van der Waals surface area (Å²) in [6.45, 7) is 1.81. The van der Waals surface area contributed by atoms with E-state index in [2.05, 4.69) is 15.8 Å². The van der Waals surface area contributed by atoms with Crippen LogP contribution in [-0.4, -0.2) is 24.0 Å². The van der Waals surface area contributed by atoms with Crippen LogP contribution in [0, 0.1) is 6.92 Å². The van der Waals surface area contributed by atoms with Gasteiger partial charge < -0.3 is 10.1 Å². The topological polar surface area (TPSA) is 96.9 Å². The van der Waals surface area contributed by atoms with Crippen LogP contribution in [0.4, 0.5) is 5.69 Å². The van der Waals surface area contributed by atoms with E-state index in [1.165, 1.54) is 24.4 Å². The van der Waals surface area contributed by atoms with Gasteiger partial charge in [0.25, 0.3) is 0 Å². The van der Waals surface area contributed by atoms with E-state index in [9.17, 15) is 14.4 Å². The number of esters is 1. The molecule has 0 radical (unpaired) electrons. The number of hydrogen-bond donors (Lipinski definition) is 2. The smallest absolute Gasteiger partial charge is 0.343 e. The zero-order chi connectivity index (χ0) is 23.1. The van der Waals surface area contributed by atoms with Crippen LogP contribution in [0.2, 0.25) is 10.0 Å². The number of aryl methyl sites for hydroxylation is 1. The molecular weight excluding hydrogens is 453 g/mol. The normalized spacial score (nSPS) is 10.6. The maximum absolute atomic E-state index is 12.5. The first kappa shape index (κ1) is 23.0. The number of nitrogens with zero attached hydrogens (tertiary/aromatic N) is 1. The number of nitrogens with one attached hydrogen (secondary N) is 2. The molecule has 9 heteroatoms. The van der Waals surface area contributed by atoms with Crippen molar-refractivity contribution < 1.29 is 19.1 Å². The van der Waals surface area contributed by atoms with Crippen molar-refractivity contribution in [3.05, 3.63) is 93.5 Å². The molecule has 0 unspecified atom stereocenters. The Morgan fingerprint density at radius 3 is 2.28 bits per heavy atom. The van der Waals surface area contributed by atoms with Gasteiger partial charge in [0, 0.05) is 21.3 Å². The van der Waals surface area contributed by atoms with E-state index >= 15 is 0 Å². The summed E-state index contributed by atoms with van der Waals surface area (Å²) in [7, 11) is 0. The number of hydrogen-bond acceptors (Lipinski definition) is 5. The summed E-state index contributed by atoms with van der Waals surface area (Å²) in [6, 6.07) is 18.1. The highest BCUT2D eigenvalue weighted by Crippen LogP contribution is 2.22. The summed E-state index contributed by atoms with van der Waals surface area (Å²) >= 11 is 11.7. The Bertz CT molecular complexity index is 1190. The van der Waals surface area contributed by atoms with Crippen LogP contribution in [0.5, 0.6) is 5.75 Å². The van der Waals surface area contributed by atoms with Gasteiger partial charge in [0.15, 0.2) is 0 Å². The highest BCUT2D eigenvalue weighted by Gasteiger charge is 2.15. The quantitative estimate of drug-likeness (QED) is 0.187. The molecule has 7 nitrogen and oxygen atoms in total. The Hall–Kier alpha value is -3.68. The predicted molar refractivity (Wildman–Crippen MR) is 123 cm³/mol. The Kier molecular flexibility index (Phi) is 7.59. The number of ether oxygens (including phenoxy) is 1. The number of hydrazone groups is 1. The fraction of sp³-hybridized carbons (Fsp3) is 0.0435. The van der Waals surface area contributed by atoms with Gasteiger partial charge in [-0.2, -0.15) is 5.10 Å². The number of anilines is 1. The molecular formula is C23H17Cl2N3O4. The van der Waals surface area contributed by atoms with Crippen molar-refractivity contribution in [1.29, 1.82) is 0 Å². The lowest BCUT2D eigenvalue weighted by molar-refractivity contribution is -0.136. The van der Waals surface area contributed by atoms with E-state index in [-0.39, 0.29) is 11.4 Å². The van der Waals surface area contributed by atoms with Crippen LogP contribution in [0.1, 0.15) is 21.5 Å². The highest BCUT2D eigenvalue weighted by atomic mass is 35.5. The van der Waals surface area contributed by atoms with Gasteiger partial charge >= 0.3 is 17.8 Å². The van der Waals surface area contributed by atoms with Crippen LogP contribution in [0.25, 0.3) is 0 Å². The molecule has 0 aromatic heterocycles. The van der Waals surface area contributed by atoms with E-state index < -0.39 is 17.8 Å². The van der Waals surface area contributed by atoms with Gasteiger partial charge in [-0.25, -0.2) is 10.2 Å². The lowest BCUT2D eigenvalue weighted by Gasteiger charge is -2.09. The molecule has 2 amide bonds. The summed E-state index contributed by atoms with van der Waals surface area (Å²) in [5.41, 5.74) is 4.02. The molecule has 3 aromatic carbocycles. The predicted octanol–water partition coefficient (Wildman–Crippen LogP) is 4.61. The van der Waals surface area contributed by atoms with E-state index in [0.29, 0.717) is 21.2 Å². The lowest BCUT2D eigenvalue weighted by Crippen LogP contribution is -2.32. The standard InChI is InChI=1S/C23H17Cl2N3O4/c1-14-6-2-4-8-19(14)23(31)32-20-9-5-3-7-15(20)13-26-28-22(30)21(29)27-18-11-16(24)10-17(25)12-18/h2-13H,1H3,(H,27,29)(H,28,30). The molecule has 0 aliphatic carbocycles. The summed E-state index contributed by atoms with van der Waals surface area (Å²) < 4.78 is 5.47. The molecule has 0 atom stereocenters. The maximum atomic E-state index is 12.5. The van der Waals surface area contributed by atoms with Crippen molar-refractivity contribution in [2.24, 2.45) is 5.10 Å². The zero-order valence-electron chi connectivity index (χ0n) is 16.8. The second-order valence-electron chi connectivity index (χ2n) is 6.55. The molecule has 0 heterocycles. The minimum atomic E-state index is -1.01. The molecule has 0 saturated heterocycles. The van der Waals surface area contributed by atoms with Crippen LogP contribution >= 0.6 is 23.2 Å². The number of para-hydroxylation sites is 1. The van der Waals surface area contributed by atoms with Crippen molar-refractivity contribution in [2.45, 2.75) is 6.92 Å². The van der Waals surface area contributed by atoms with Crippen molar-refractivity contribution in [2.75, 3.05) is 5.32 Å². The minimum Gasteiger partial charge on any atom is -0.422 e. The van der Waals surface area contributed by atoms with Gasteiger partial charge in [0.1, 0.15) is 5.75 Å². The number of halogens is 2. The first-order valence-electron chi connectivity index (χ1n) is 9.31. The van der Waals surface area contributed by atoms with Gasteiger partial charge in [-0.15, -0.1) is 0 Å². The number of amides is 2. The molecule has 0 aliphatic rings. The SMILES string of the molecule is Cc1ccccc1C(=O)Oc1ccccc1C=NNC(=O)C(=O)Nc1cc(Cl)cc(Cl)c1. The molecule has 3 aromatic rings. The number of carbonyl (C=O) groups is 3. The summed E-state index contributed by atoms with van der Waals surface area (Å²) in [5.74, 6) is -2.24. The fourth-order valence-corrected chi connectivity index (χ4v) is 3.19. The molecule has 0 bridgehead atoms. The molecule has 0 saturated carbocycles. The zero-order valence-corrected chi connectivity index (χ0v) is 18.3. The molecule has 3 rings (SSSR count). The van der Waals surface area contributed by atoms with Crippen LogP contribution < -0.4 is 15.5 Å². The molecule has 0 spiro atoms. The van der Waals surface area contributed by atoms with Crippen LogP contribution in [0.3, 0.4) is 0 Å². The van der Waals surface area contributed by atoms with E-state index in [0.717, 1.165) is 5.56 Å². The maximum Gasteiger partial charge on any atom is 0.343 e. The summed E-state index contributed by atoms with van der Waals surface area (Å²) in [6.07, 6.45) is 1.27. The van der Waals surface area contributed by atoms with E-state index in [1.807, 2.05) is 19.1 Å². The third-order valence-corrected chi connectivity index (χ3v) is 4.62. The Balaban J connectivity index is 1.64. The highest BCUT2D eigenvalue weighted by molar-refractivity contribution is 6.40. The number of benzene rings is 3. The Morgan fingerprint density at radius 1 is 0.906 bits per heavy atom. The third kappa shape index (κ3) is 6.16. The first-order valence-corrected chi connectivity index (χ1v) is 10.1. The van der Waals surface area contributed by atoms with Crippen molar-refractivity contribution >= 4 is 52.9 Å². The third-order valence-electron chi connectivity index (χ3n) is 4.18. The average molecular weight is 470 g/mol. The minimum absolute atomic E-state index is 0.247. The Morgan fingerprint density at radius 2 is 1.56 bits per heavy atom. The van der Waals surface area contributed by atoms with Crippen molar-refractivity contribution in [3.63, 3.8) is 0 Å². The van der Waals surface area contributed by atoms with Gasteiger partial charge in [-0.1, -0.05) is 53.5 Å². The number of rotatable bonds is 5. The second kappa shape index (κ2) is 10.6. The molecule has 2 N–H and O–H groups in total. The Labute approximate surface area is 194 Å². The van der Waals surface area contributed by atoms with Gasteiger partial charge in [-0.05, 0) is 48.9 Å². The van der Waals surface area contributed by atoms with Crippen LogP contribution in [0.15, 0.2) is 71.8 Å². The molecule has 162 valence electrons. The molecule has 0 aliphatic heterocycles. The first-order chi connectivity index (χ1) is 15.3. The van der Waals surface area contributed by atoms with Crippen LogP contribution in [-0.2, 0) is 9.59 Å². The van der Waals surface area contributed by atoms with E-state index in [4.69, 9.17) is 27.9 Å². The van der Waals surface area contributed by atoms with Crippen molar-refractivity contribution in [3.8, 4) is 5.75 Å². The second-order valence-corrected chi connectivity index (χ2v) is 7.43. The monoisotopic (exact) mass is 469 g/mol. The number of carbonyl (C=O) groups excluding carboxylic acids is 3. The summed E-state index contributed by atoms with van der Waals surface area (Å²) in [4.78, 5) is 36.5. The largest absolute Gasteiger partial charge is 0.422 e. The van der Waals surface area contributed by atoms with Gasteiger partial charge in [-0.3, -0.25) is 9.59 Å². The van der Waals surface area contributed by atoms with E-state index in [1.54, 1.807) is 36.4 Å². The molecule has 0 fully saturated rings. The average Bonchev–Trinajstić information content (AvgIpc) is 2.74. The lowest BCUT2D eigenvalue weighted by atomic mass is 10.1. The summed E-state index contributed by atoms with van der Waals surface area (Å²) in [5, 5.41) is 6.76. The molecule has 32 heavy (non-hydrogen) atoms. The van der Waals surface area contributed by atoms with Gasteiger partial charge in [0.2, 0.25) is 0 Å². The fourth-order valence-electron chi connectivity index (χ4n) is 2.66. The van der Waals surface area contributed by atoms with Gasteiger partial charge in [0.05, 0.1) is 11.8 Å². The van der Waals surface area contributed by atoms with Crippen molar-refractivity contribution in [1.82, 2.24) is 5.43 Å².